The number of nitrogens with one attached hydrogen (secondary N) is 1. The van der Waals surface area contributed by atoms with Crippen molar-refractivity contribution in [3.8, 4) is 0 Å². The van der Waals surface area contributed by atoms with E-state index >= 15 is 0 Å². The molecule has 1 saturated heterocycles. The van der Waals surface area contributed by atoms with Crippen molar-refractivity contribution < 1.29 is 9.18 Å². The van der Waals surface area contributed by atoms with Crippen molar-refractivity contribution in [3.63, 3.8) is 0 Å². The van der Waals surface area contributed by atoms with Crippen LogP contribution in [0.2, 0.25) is 0 Å². The summed E-state index contributed by atoms with van der Waals surface area (Å²) in [7, 11) is 0. The van der Waals surface area contributed by atoms with Crippen LogP contribution >= 0.6 is 23.5 Å². The minimum absolute atomic E-state index is 0.212. The smallest absolute Gasteiger partial charge is 0.253 e. The maximum absolute atomic E-state index is 13.1. The first-order chi connectivity index (χ1) is 8.66. The Labute approximate surface area is 114 Å². The molecular weight excluding hydrogens is 271 g/mol. The number of benzene rings is 1. The molecule has 1 atom stereocenters. The Hall–Kier alpha value is -0.880. The predicted molar refractivity (Wildman–Crippen MR) is 76.7 cm³/mol. The molecule has 1 aliphatic rings. The molecule has 1 aliphatic heterocycles. The van der Waals surface area contributed by atoms with Crippen LogP contribution in [0, 0.1) is 5.82 Å². The Morgan fingerprint density at radius 3 is 3.06 bits per heavy atom. The average molecular weight is 286 g/mol. The molecule has 3 nitrogen and oxygen atoms in total. The van der Waals surface area contributed by atoms with E-state index < -0.39 is 5.82 Å². The third-order valence-corrected chi connectivity index (χ3v) is 5.48. The van der Waals surface area contributed by atoms with E-state index in [4.69, 9.17) is 5.73 Å². The number of hydrogen-bond donors (Lipinski definition) is 2. The number of nitrogens with two attached hydrogens (primary N) is 1. The molecule has 0 spiro atoms. The fraction of sp³-hybridized carbons (Fsp3) is 0.417. The lowest BCUT2D eigenvalue weighted by atomic mass is 10.1. The van der Waals surface area contributed by atoms with Gasteiger partial charge in [-0.1, -0.05) is 0 Å². The van der Waals surface area contributed by atoms with Gasteiger partial charge in [-0.3, -0.25) is 4.79 Å². The van der Waals surface area contributed by atoms with Gasteiger partial charge in [-0.2, -0.15) is 23.5 Å². The highest BCUT2D eigenvalue weighted by molar-refractivity contribution is 8.06. The van der Waals surface area contributed by atoms with E-state index in [1.54, 1.807) is 0 Å². The molecule has 2 rings (SSSR count). The van der Waals surface area contributed by atoms with E-state index in [9.17, 15) is 9.18 Å². The van der Waals surface area contributed by atoms with Gasteiger partial charge in [0.1, 0.15) is 5.82 Å². The molecule has 0 aliphatic carbocycles. The lowest BCUT2D eigenvalue weighted by Gasteiger charge is -2.21. The second kappa shape index (κ2) is 6.33. The Morgan fingerprint density at radius 1 is 1.50 bits per heavy atom. The molecule has 0 bridgehead atoms. The number of carbonyl (C=O) groups is 1. The van der Waals surface area contributed by atoms with Gasteiger partial charge < -0.3 is 11.1 Å². The first-order valence-electron chi connectivity index (χ1n) is 5.69. The third-order valence-electron chi connectivity index (χ3n) is 2.64. The lowest BCUT2D eigenvalue weighted by Crippen LogP contribution is -2.33. The minimum Gasteiger partial charge on any atom is -0.398 e. The van der Waals surface area contributed by atoms with Crippen LogP contribution in [-0.4, -0.2) is 35.0 Å². The molecule has 6 heteroatoms. The van der Waals surface area contributed by atoms with Crippen molar-refractivity contribution in [1.29, 1.82) is 0 Å². The molecule has 1 unspecified atom stereocenters. The maximum Gasteiger partial charge on any atom is 0.253 e. The Bertz CT molecular complexity index is 436. The molecule has 18 heavy (non-hydrogen) atoms. The molecule has 0 radical (unpaired) electrons. The predicted octanol–water partition coefficient (Wildman–Crippen LogP) is 1.99. The van der Waals surface area contributed by atoms with Gasteiger partial charge in [0.2, 0.25) is 0 Å². The van der Waals surface area contributed by atoms with E-state index in [2.05, 4.69) is 5.32 Å². The molecule has 1 heterocycles. The Morgan fingerprint density at radius 2 is 2.33 bits per heavy atom. The summed E-state index contributed by atoms with van der Waals surface area (Å²) in [6.07, 6.45) is 0. The first kappa shape index (κ1) is 13.5. The summed E-state index contributed by atoms with van der Waals surface area (Å²) < 4.78 is 13.1. The molecule has 1 fully saturated rings. The molecule has 1 aromatic rings. The highest BCUT2D eigenvalue weighted by atomic mass is 32.2. The van der Waals surface area contributed by atoms with Gasteiger partial charge >= 0.3 is 0 Å². The summed E-state index contributed by atoms with van der Waals surface area (Å²) in [5, 5.41) is 3.25. The molecule has 98 valence electrons. The van der Waals surface area contributed by atoms with Gasteiger partial charge in [-0.05, 0) is 18.2 Å². The van der Waals surface area contributed by atoms with E-state index in [0.29, 0.717) is 17.5 Å². The Kier molecular flexibility index (Phi) is 4.77. The third kappa shape index (κ3) is 3.55. The van der Waals surface area contributed by atoms with Gasteiger partial charge in [0.15, 0.2) is 0 Å². The molecular formula is C12H15FN2OS2. The summed E-state index contributed by atoms with van der Waals surface area (Å²) in [5.74, 6) is 2.59. The van der Waals surface area contributed by atoms with Crippen molar-refractivity contribution >= 4 is 35.1 Å². The van der Waals surface area contributed by atoms with Crippen molar-refractivity contribution in [3.05, 3.63) is 29.6 Å². The van der Waals surface area contributed by atoms with Crippen LogP contribution < -0.4 is 11.1 Å². The number of halogens is 1. The van der Waals surface area contributed by atoms with Gasteiger partial charge in [-0.25, -0.2) is 4.39 Å². The number of rotatable bonds is 3. The zero-order valence-corrected chi connectivity index (χ0v) is 11.5. The van der Waals surface area contributed by atoms with Crippen LogP contribution in [-0.2, 0) is 0 Å². The van der Waals surface area contributed by atoms with Crippen LogP contribution in [0.15, 0.2) is 18.2 Å². The van der Waals surface area contributed by atoms with E-state index in [0.717, 1.165) is 11.5 Å². The summed E-state index contributed by atoms with van der Waals surface area (Å²) in [6.45, 7) is 0.604. The summed E-state index contributed by atoms with van der Waals surface area (Å²) in [5.41, 5.74) is 6.18. The van der Waals surface area contributed by atoms with Gasteiger partial charge in [-0.15, -0.1) is 0 Å². The number of hydrogen-bond acceptors (Lipinski definition) is 4. The lowest BCUT2D eigenvalue weighted by molar-refractivity contribution is 0.0954. The number of carbonyl (C=O) groups excluding carboxylic acids is 1. The largest absolute Gasteiger partial charge is 0.398 e. The fourth-order valence-electron chi connectivity index (χ4n) is 1.68. The van der Waals surface area contributed by atoms with Crippen molar-refractivity contribution in [2.24, 2.45) is 0 Å². The van der Waals surface area contributed by atoms with Crippen molar-refractivity contribution in [1.82, 2.24) is 5.32 Å². The minimum atomic E-state index is -0.447. The standard InChI is InChI=1S/C12H15FN2OS2/c13-8-1-2-11(14)10(5-8)12(16)15-6-9-7-17-3-4-18-9/h1-2,5,9H,3-4,6-7,14H2,(H,15,16). The number of anilines is 1. The van der Waals surface area contributed by atoms with Crippen LogP contribution in [0.3, 0.4) is 0 Å². The van der Waals surface area contributed by atoms with Crippen LogP contribution in [0.4, 0.5) is 10.1 Å². The molecule has 1 amide bonds. The second-order valence-electron chi connectivity index (χ2n) is 4.01. The van der Waals surface area contributed by atoms with Crippen molar-refractivity contribution in [2.75, 3.05) is 29.5 Å². The number of thioether (sulfide) groups is 2. The van der Waals surface area contributed by atoms with Crippen LogP contribution in [0.25, 0.3) is 0 Å². The zero-order chi connectivity index (χ0) is 13.0. The highest BCUT2D eigenvalue weighted by Crippen LogP contribution is 2.23. The van der Waals surface area contributed by atoms with E-state index in [1.165, 1.54) is 24.0 Å². The van der Waals surface area contributed by atoms with Crippen LogP contribution in [0.1, 0.15) is 10.4 Å². The van der Waals surface area contributed by atoms with Gasteiger partial charge in [0.05, 0.1) is 5.56 Å². The second-order valence-corrected chi connectivity index (χ2v) is 6.57. The molecule has 0 saturated carbocycles. The highest BCUT2D eigenvalue weighted by Gasteiger charge is 2.16. The normalized spacial score (nSPS) is 19.5. The molecule has 0 aromatic heterocycles. The monoisotopic (exact) mass is 286 g/mol. The van der Waals surface area contributed by atoms with Gasteiger partial charge in [0.25, 0.3) is 5.91 Å². The fourth-order valence-corrected chi connectivity index (χ4v) is 4.29. The first-order valence-corrected chi connectivity index (χ1v) is 7.90. The zero-order valence-electron chi connectivity index (χ0n) is 9.82. The van der Waals surface area contributed by atoms with Gasteiger partial charge in [0, 0.05) is 34.7 Å². The summed E-state index contributed by atoms with van der Waals surface area (Å²) >= 11 is 3.77. The number of amides is 1. The summed E-state index contributed by atoms with van der Waals surface area (Å²) in [4.78, 5) is 11.9. The topological polar surface area (TPSA) is 55.1 Å². The van der Waals surface area contributed by atoms with Crippen molar-refractivity contribution in [2.45, 2.75) is 5.25 Å². The SMILES string of the molecule is Nc1ccc(F)cc1C(=O)NCC1CSCCS1. The molecule has 3 N–H and O–H groups in total. The van der Waals surface area contributed by atoms with Crippen LogP contribution in [0.5, 0.6) is 0 Å². The number of nitrogen functional groups attached to an aromatic ring is 1. The average Bonchev–Trinajstić information content (AvgIpc) is 2.40. The Balaban J connectivity index is 1.92. The van der Waals surface area contributed by atoms with E-state index in [-0.39, 0.29) is 11.5 Å². The summed E-state index contributed by atoms with van der Waals surface area (Å²) in [6, 6.07) is 3.84. The molecule has 1 aromatic carbocycles. The van der Waals surface area contributed by atoms with E-state index in [1.807, 2.05) is 23.5 Å². The quantitative estimate of drug-likeness (QED) is 0.834. The maximum atomic E-state index is 13.1.